The first kappa shape index (κ1) is 10.1. The zero-order valence-electron chi connectivity index (χ0n) is 8.24. The van der Waals surface area contributed by atoms with Gasteiger partial charge in [0.05, 0.1) is 12.4 Å². The van der Waals surface area contributed by atoms with Crippen molar-refractivity contribution in [2.45, 2.75) is 0 Å². The zero-order valence-corrected chi connectivity index (χ0v) is 8.24. The van der Waals surface area contributed by atoms with Crippen LogP contribution in [0.15, 0.2) is 62.6 Å². The first-order chi connectivity index (χ1) is 7.86. The van der Waals surface area contributed by atoms with Gasteiger partial charge >= 0.3 is 5.63 Å². The van der Waals surface area contributed by atoms with E-state index in [1.54, 1.807) is 12.1 Å². The van der Waals surface area contributed by atoms with E-state index in [0.29, 0.717) is 5.58 Å². The van der Waals surface area contributed by atoms with Crippen LogP contribution in [-0.4, -0.2) is 10.3 Å². The van der Waals surface area contributed by atoms with Crippen LogP contribution in [0.1, 0.15) is 0 Å². The lowest BCUT2D eigenvalue weighted by Gasteiger charge is -1.91. The summed E-state index contributed by atoms with van der Waals surface area (Å²) in [6.07, 6.45) is 2.94. The van der Waals surface area contributed by atoms with Crippen molar-refractivity contribution >= 4 is 11.0 Å². The minimum Gasteiger partial charge on any atom is -0.423 e. The van der Waals surface area contributed by atoms with Crippen molar-refractivity contribution < 1.29 is 9.05 Å². The van der Waals surface area contributed by atoms with Gasteiger partial charge in [0.25, 0.3) is 0 Å². The van der Waals surface area contributed by atoms with E-state index in [1.807, 2.05) is 18.2 Å². The highest BCUT2D eigenvalue weighted by Gasteiger charge is 1.92. The second kappa shape index (κ2) is 4.88. The molecule has 0 aliphatic rings. The Hall–Kier alpha value is -2.43. The fraction of sp³-hybridized carbons (Fsp3) is 0. The van der Waals surface area contributed by atoms with E-state index >= 15 is 0 Å². The molecule has 3 rings (SSSR count). The van der Waals surface area contributed by atoms with Crippen LogP contribution in [0.3, 0.4) is 0 Å². The Kier molecular flexibility index (Phi) is 3.08. The standard InChI is InChI=1S/C9H6O2.C2H2N2O/c10-9-6-5-7-3-1-2-4-8(7)11-9;1-2-4-5-3-1/h1-6H;1-2H. The molecule has 16 heavy (non-hydrogen) atoms. The number of para-hydroxylation sites is 1. The predicted molar refractivity (Wildman–Crippen MR) is 56.8 cm³/mol. The van der Waals surface area contributed by atoms with Gasteiger partial charge in [-0.2, -0.15) is 0 Å². The van der Waals surface area contributed by atoms with E-state index in [0.717, 1.165) is 5.39 Å². The van der Waals surface area contributed by atoms with Gasteiger partial charge in [-0.1, -0.05) is 28.5 Å². The minimum absolute atomic E-state index is 0.302. The second-order valence-corrected chi connectivity index (χ2v) is 2.88. The van der Waals surface area contributed by atoms with Crippen LogP contribution >= 0.6 is 0 Å². The summed E-state index contributed by atoms with van der Waals surface area (Å²) >= 11 is 0. The summed E-state index contributed by atoms with van der Waals surface area (Å²) in [5, 5.41) is 7.42. The van der Waals surface area contributed by atoms with Crippen molar-refractivity contribution in [3.63, 3.8) is 0 Å². The molecule has 0 atom stereocenters. The van der Waals surface area contributed by atoms with E-state index in [4.69, 9.17) is 4.42 Å². The van der Waals surface area contributed by atoms with Gasteiger partial charge in [-0.25, -0.2) is 9.42 Å². The Labute approximate surface area is 90.3 Å². The van der Waals surface area contributed by atoms with E-state index < -0.39 is 0 Å². The Morgan fingerprint density at radius 2 is 1.69 bits per heavy atom. The molecule has 0 spiro atoms. The minimum atomic E-state index is -0.302. The lowest BCUT2D eigenvalue weighted by atomic mass is 10.2. The number of hydrogen-bond donors (Lipinski definition) is 0. The summed E-state index contributed by atoms with van der Waals surface area (Å²) in [6, 6.07) is 10.6. The number of nitrogens with zero attached hydrogens (tertiary/aromatic N) is 2. The van der Waals surface area contributed by atoms with Crippen LogP contribution in [0.2, 0.25) is 0 Å². The smallest absolute Gasteiger partial charge is 0.336 e. The van der Waals surface area contributed by atoms with Crippen LogP contribution in [0.5, 0.6) is 0 Å². The molecule has 2 aromatic heterocycles. The highest BCUT2D eigenvalue weighted by Crippen LogP contribution is 2.08. The molecular formula is C11H8N2O3. The maximum Gasteiger partial charge on any atom is 0.336 e. The van der Waals surface area contributed by atoms with Crippen molar-refractivity contribution in [3.8, 4) is 0 Å². The maximum absolute atomic E-state index is 10.7. The van der Waals surface area contributed by atoms with Crippen molar-refractivity contribution in [2.75, 3.05) is 0 Å². The molecule has 0 unspecified atom stereocenters. The average Bonchev–Trinajstić information content (AvgIpc) is 2.87. The van der Waals surface area contributed by atoms with Crippen molar-refractivity contribution in [1.29, 1.82) is 0 Å². The molecular weight excluding hydrogens is 208 g/mol. The summed E-state index contributed by atoms with van der Waals surface area (Å²) in [4.78, 5) is 10.7. The number of hydrogen-bond acceptors (Lipinski definition) is 5. The Morgan fingerprint density at radius 1 is 0.938 bits per heavy atom. The van der Waals surface area contributed by atoms with E-state index in [1.165, 1.54) is 18.5 Å². The molecule has 0 aliphatic heterocycles. The van der Waals surface area contributed by atoms with Crippen LogP contribution in [0, 0.1) is 0 Å². The third kappa shape index (κ3) is 2.54. The van der Waals surface area contributed by atoms with Gasteiger partial charge in [0.15, 0.2) is 0 Å². The Balaban J connectivity index is 0.000000162. The highest BCUT2D eigenvalue weighted by atomic mass is 16.6. The molecule has 0 radical (unpaired) electrons. The molecule has 0 bridgehead atoms. The monoisotopic (exact) mass is 216 g/mol. The molecule has 3 aromatic rings. The van der Waals surface area contributed by atoms with Gasteiger partial charge in [0, 0.05) is 11.5 Å². The normalized spacial score (nSPS) is 9.50. The van der Waals surface area contributed by atoms with Gasteiger partial charge in [0.1, 0.15) is 5.58 Å². The van der Waals surface area contributed by atoms with Gasteiger partial charge in [-0.15, -0.1) is 0 Å². The molecule has 0 N–H and O–H groups in total. The fourth-order valence-corrected chi connectivity index (χ4v) is 1.15. The fourth-order valence-electron chi connectivity index (χ4n) is 1.15. The second-order valence-electron chi connectivity index (χ2n) is 2.88. The van der Waals surface area contributed by atoms with Crippen molar-refractivity contribution in [2.24, 2.45) is 0 Å². The maximum atomic E-state index is 10.7. The Bertz CT molecular complexity index is 584. The summed E-state index contributed by atoms with van der Waals surface area (Å²) in [5.41, 5.74) is 0.337. The number of rotatable bonds is 0. The SMILES string of the molecule is O=c1ccc2ccccc2o1.c1cnon1. The number of fused-ring (bicyclic) bond motifs is 1. The van der Waals surface area contributed by atoms with Crippen molar-refractivity contribution in [3.05, 3.63) is 59.2 Å². The van der Waals surface area contributed by atoms with Gasteiger partial charge < -0.3 is 4.42 Å². The Morgan fingerprint density at radius 3 is 2.38 bits per heavy atom. The molecule has 0 aliphatic carbocycles. The third-order valence-corrected chi connectivity index (χ3v) is 1.81. The molecule has 0 saturated heterocycles. The molecule has 2 heterocycles. The number of aromatic nitrogens is 2. The van der Waals surface area contributed by atoms with Crippen LogP contribution in [-0.2, 0) is 0 Å². The van der Waals surface area contributed by atoms with Crippen molar-refractivity contribution in [1.82, 2.24) is 10.3 Å². The third-order valence-electron chi connectivity index (χ3n) is 1.81. The molecule has 5 heteroatoms. The topological polar surface area (TPSA) is 69.1 Å². The number of benzene rings is 1. The lowest BCUT2D eigenvalue weighted by molar-refractivity contribution is 0.307. The van der Waals surface area contributed by atoms with Gasteiger partial charge in [0.2, 0.25) is 0 Å². The summed E-state index contributed by atoms with van der Waals surface area (Å²) < 4.78 is 8.99. The molecule has 0 fully saturated rings. The van der Waals surface area contributed by atoms with Crippen LogP contribution in [0.4, 0.5) is 0 Å². The molecule has 0 amide bonds. The zero-order chi connectivity index (χ0) is 11.2. The van der Waals surface area contributed by atoms with Crippen LogP contribution in [0.25, 0.3) is 11.0 Å². The molecule has 0 saturated carbocycles. The summed E-state index contributed by atoms with van der Waals surface area (Å²) in [5.74, 6) is 0. The molecule has 1 aromatic carbocycles. The first-order valence-electron chi connectivity index (χ1n) is 4.57. The first-order valence-corrected chi connectivity index (χ1v) is 4.57. The quantitative estimate of drug-likeness (QED) is 0.536. The molecule has 80 valence electrons. The lowest BCUT2D eigenvalue weighted by Crippen LogP contribution is -1.93. The average molecular weight is 216 g/mol. The largest absolute Gasteiger partial charge is 0.423 e. The van der Waals surface area contributed by atoms with E-state index in [2.05, 4.69) is 14.9 Å². The van der Waals surface area contributed by atoms with Gasteiger partial charge in [-0.05, 0) is 12.1 Å². The molecule has 5 nitrogen and oxygen atoms in total. The predicted octanol–water partition coefficient (Wildman–Crippen LogP) is 1.86. The van der Waals surface area contributed by atoms with Gasteiger partial charge in [-0.3, -0.25) is 0 Å². The highest BCUT2D eigenvalue weighted by molar-refractivity contribution is 5.75. The van der Waals surface area contributed by atoms with Crippen LogP contribution < -0.4 is 5.63 Å². The van der Waals surface area contributed by atoms with E-state index in [9.17, 15) is 4.79 Å². The summed E-state index contributed by atoms with van der Waals surface area (Å²) in [7, 11) is 0. The summed E-state index contributed by atoms with van der Waals surface area (Å²) in [6.45, 7) is 0. The van der Waals surface area contributed by atoms with E-state index in [-0.39, 0.29) is 5.63 Å².